The standard InChI is InChI=1S/C77H134O17P2/c1-5-9-13-17-21-25-29-32-34-35-37-40-43-46-50-54-58-62-75(80)88-68-73(94-77(82)64-60-56-52-48-44-38-31-27-23-19-15-11-7-3)70-92-96(85,86)90-66-71(78)65-89-95(83,84)91-69-72(93-76(81)63-59-55-51-47-41-28-24-20-16-12-8-4)67-87-74(79)61-57-53-49-45-42-39-36-33-30-26-22-18-14-10-6-2/h9,13,15,19,21-22,25-27,31-34,36-37,40,71-73,78H,5-8,10-12,14,16-18,20,23-24,28-30,35,38-39,41-70H2,1-4H3,(H,83,84)(H,85,86)/b13-9-,19-15-,25-21-,26-22-,31-27-,34-32-,36-33-,40-37-. The van der Waals surface area contributed by atoms with Crippen LogP contribution in [0.2, 0.25) is 0 Å². The van der Waals surface area contributed by atoms with Crippen LogP contribution in [0.1, 0.15) is 310 Å². The van der Waals surface area contributed by atoms with Crippen LogP contribution in [-0.4, -0.2) is 96.7 Å². The lowest BCUT2D eigenvalue weighted by Gasteiger charge is -2.21. The number of ether oxygens (including phenoxy) is 4. The van der Waals surface area contributed by atoms with Crippen molar-refractivity contribution in [3.05, 3.63) is 97.2 Å². The Morgan fingerprint density at radius 3 is 0.896 bits per heavy atom. The number of phosphoric ester groups is 2. The molecule has 0 aliphatic rings. The second kappa shape index (κ2) is 69.5. The van der Waals surface area contributed by atoms with Crippen LogP contribution in [0, 0.1) is 0 Å². The molecule has 0 heterocycles. The Bertz CT molecular complexity index is 2200. The van der Waals surface area contributed by atoms with Crippen LogP contribution in [-0.2, 0) is 65.4 Å². The molecule has 0 aromatic heterocycles. The van der Waals surface area contributed by atoms with Gasteiger partial charge in [0.15, 0.2) is 12.2 Å². The van der Waals surface area contributed by atoms with Gasteiger partial charge >= 0.3 is 39.5 Å². The van der Waals surface area contributed by atoms with Gasteiger partial charge in [-0.15, -0.1) is 0 Å². The number of hydrogen-bond acceptors (Lipinski definition) is 15. The van der Waals surface area contributed by atoms with Gasteiger partial charge in [0.05, 0.1) is 26.4 Å². The van der Waals surface area contributed by atoms with E-state index in [2.05, 4.69) is 125 Å². The van der Waals surface area contributed by atoms with Crippen molar-refractivity contribution in [2.75, 3.05) is 39.6 Å². The van der Waals surface area contributed by atoms with E-state index in [1.54, 1.807) is 0 Å². The third kappa shape index (κ3) is 68.5. The largest absolute Gasteiger partial charge is 0.472 e. The van der Waals surface area contributed by atoms with Gasteiger partial charge in [-0.25, -0.2) is 9.13 Å². The van der Waals surface area contributed by atoms with E-state index in [9.17, 15) is 43.2 Å². The Morgan fingerprint density at radius 1 is 0.302 bits per heavy atom. The van der Waals surface area contributed by atoms with Crippen molar-refractivity contribution in [2.24, 2.45) is 0 Å². The Kier molecular flexibility index (Phi) is 66.6. The van der Waals surface area contributed by atoms with Crippen molar-refractivity contribution < 1.29 is 80.2 Å². The normalized spacial score (nSPS) is 14.5. The monoisotopic (exact) mass is 1390 g/mol. The molecule has 17 nitrogen and oxygen atoms in total. The molecule has 554 valence electrons. The zero-order valence-corrected chi connectivity index (χ0v) is 62.1. The van der Waals surface area contributed by atoms with Crippen LogP contribution in [0.15, 0.2) is 97.2 Å². The smallest absolute Gasteiger partial charge is 0.462 e. The van der Waals surface area contributed by atoms with E-state index >= 15 is 0 Å². The van der Waals surface area contributed by atoms with Gasteiger partial charge in [-0.05, 0) is 122 Å². The first kappa shape index (κ1) is 92.0. The minimum atomic E-state index is -4.98. The van der Waals surface area contributed by atoms with E-state index in [4.69, 9.17) is 37.0 Å². The molecule has 0 saturated heterocycles. The van der Waals surface area contributed by atoms with E-state index in [0.29, 0.717) is 25.7 Å². The number of rotatable bonds is 70. The lowest BCUT2D eigenvalue weighted by molar-refractivity contribution is -0.161. The van der Waals surface area contributed by atoms with Gasteiger partial charge in [0, 0.05) is 25.7 Å². The molecule has 0 amide bonds. The van der Waals surface area contributed by atoms with Crippen LogP contribution in [0.3, 0.4) is 0 Å². The van der Waals surface area contributed by atoms with Gasteiger partial charge in [-0.3, -0.25) is 37.3 Å². The van der Waals surface area contributed by atoms with Gasteiger partial charge in [0.2, 0.25) is 0 Å². The highest BCUT2D eigenvalue weighted by Crippen LogP contribution is 2.45. The average Bonchev–Trinajstić information content (AvgIpc) is 1.17. The van der Waals surface area contributed by atoms with Crippen molar-refractivity contribution in [2.45, 2.75) is 329 Å². The van der Waals surface area contributed by atoms with Gasteiger partial charge in [0.1, 0.15) is 19.3 Å². The minimum Gasteiger partial charge on any atom is -0.462 e. The number of aliphatic hydroxyl groups excluding tert-OH is 1. The third-order valence-electron chi connectivity index (χ3n) is 15.5. The summed E-state index contributed by atoms with van der Waals surface area (Å²) >= 11 is 0. The molecule has 19 heteroatoms. The quantitative estimate of drug-likeness (QED) is 0.0169. The molecule has 0 aromatic rings. The van der Waals surface area contributed by atoms with Crippen molar-refractivity contribution in [1.82, 2.24) is 0 Å². The van der Waals surface area contributed by atoms with E-state index in [0.717, 1.165) is 173 Å². The maximum absolute atomic E-state index is 13.1. The Balaban J connectivity index is 5.34. The summed E-state index contributed by atoms with van der Waals surface area (Å²) in [4.78, 5) is 72.7. The van der Waals surface area contributed by atoms with Gasteiger partial charge in [-0.1, -0.05) is 260 Å². The first-order chi connectivity index (χ1) is 46.7. The summed E-state index contributed by atoms with van der Waals surface area (Å²) in [5.41, 5.74) is 0. The van der Waals surface area contributed by atoms with Crippen LogP contribution in [0.5, 0.6) is 0 Å². The third-order valence-corrected chi connectivity index (χ3v) is 17.4. The number of carbonyl (C=O) groups is 4. The maximum Gasteiger partial charge on any atom is 0.472 e. The molecular formula is C77H134O17P2. The second-order valence-corrected chi connectivity index (χ2v) is 27.8. The first-order valence-electron chi connectivity index (χ1n) is 37.5. The fraction of sp³-hybridized carbons (Fsp3) is 0.740. The Labute approximate surface area is 582 Å². The minimum absolute atomic E-state index is 0.0726. The molecule has 0 aliphatic carbocycles. The fourth-order valence-electron chi connectivity index (χ4n) is 9.81. The molecule has 0 radical (unpaired) electrons. The van der Waals surface area contributed by atoms with Crippen LogP contribution in [0.4, 0.5) is 0 Å². The summed E-state index contributed by atoms with van der Waals surface area (Å²) in [7, 11) is -9.95. The molecule has 0 aliphatic heterocycles. The highest BCUT2D eigenvalue weighted by molar-refractivity contribution is 7.47. The molecule has 96 heavy (non-hydrogen) atoms. The number of allylic oxidation sites excluding steroid dienone is 16. The SMILES string of the molecule is CC/C=C\C/C=C\C/C=C\C/C=C\CCCCCCC(=O)OCC(COP(=O)(O)OCC(O)COP(=O)(O)OCC(COC(=O)CCCCCCC/C=C\C/C=C\CCCCC)OC(=O)CCCCCCCCCCCCC)OC(=O)CCCCCCC/C=C\C/C=C\CCC. The molecule has 0 fully saturated rings. The molecule has 0 aromatic carbocycles. The predicted octanol–water partition coefficient (Wildman–Crippen LogP) is 21.2. The van der Waals surface area contributed by atoms with Crippen molar-refractivity contribution >= 4 is 39.5 Å². The molecular weight excluding hydrogens is 1260 g/mol. The molecule has 0 spiro atoms. The number of carbonyl (C=O) groups excluding carboxylic acids is 4. The van der Waals surface area contributed by atoms with Crippen LogP contribution in [0.25, 0.3) is 0 Å². The predicted molar refractivity (Wildman–Crippen MR) is 390 cm³/mol. The van der Waals surface area contributed by atoms with Crippen LogP contribution < -0.4 is 0 Å². The summed E-state index contributed by atoms with van der Waals surface area (Å²) in [5, 5.41) is 10.6. The zero-order chi connectivity index (χ0) is 70.4. The molecule has 5 unspecified atom stereocenters. The Hall–Kier alpha value is -4.02. The number of hydrogen-bond donors (Lipinski definition) is 3. The van der Waals surface area contributed by atoms with E-state index in [1.807, 2.05) is 0 Å². The first-order valence-corrected chi connectivity index (χ1v) is 40.5. The number of unbranched alkanes of at least 4 members (excludes halogenated alkanes) is 28. The highest BCUT2D eigenvalue weighted by Gasteiger charge is 2.30. The lowest BCUT2D eigenvalue weighted by Crippen LogP contribution is -2.30. The zero-order valence-electron chi connectivity index (χ0n) is 60.3. The molecule has 5 atom stereocenters. The number of phosphoric acid groups is 2. The topological polar surface area (TPSA) is 237 Å². The number of aliphatic hydroxyl groups is 1. The van der Waals surface area contributed by atoms with Crippen molar-refractivity contribution in [1.29, 1.82) is 0 Å². The fourth-order valence-corrected chi connectivity index (χ4v) is 11.4. The highest BCUT2D eigenvalue weighted by atomic mass is 31.2. The summed E-state index contributed by atoms with van der Waals surface area (Å²) in [5.74, 6) is -2.22. The molecule has 3 N–H and O–H groups in total. The lowest BCUT2D eigenvalue weighted by atomic mass is 10.1. The summed E-state index contributed by atoms with van der Waals surface area (Å²) in [6.45, 7) is 4.61. The molecule has 0 saturated carbocycles. The number of esters is 4. The second-order valence-electron chi connectivity index (χ2n) is 24.9. The van der Waals surface area contributed by atoms with E-state index in [1.165, 1.54) is 57.8 Å². The average molecular weight is 1390 g/mol. The van der Waals surface area contributed by atoms with Gasteiger partial charge in [0.25, 0.3) is 0 Å². The Morgan fingerprint density at radius 2 is 0.562 bits per heavy atom. The molecule has 0 rings (SSSR count). The molecule has 0 bridgehead atoms. The van der Waals surface area contributed by atoms with Crippen molar-refractivity contribution in [3.8, 4) is 0 Å². The maximum atomic E-state index is 13.1. The summed E-state index contributed by atoms with van der Waals surface area (Å²) in [6.07, 6.45) is 71.2. The van der Waals surface area contributed by atoms with E-state index < -0.39 is 97.5 Å². The van der Waals surface area contributed by atoms with Crippen molar-refractivity contribution in [3.63, 3.8) is 0 Å². The summed E-state index contributed by atoms with van der Waals surface area (Å²) in [6, 6.07) is 0. The van der Waals surface area contributed by atoms with Gasteiger partial charge in [-0.2, -0.15) is 0 Å². The van der Waals surface area contributed by atoms with E-state index in [-0.39, 0.29) is 25.7 Å². The van der Waals surface area contributed by atoms with Gasteiger partial charge < -0.3 is 33.8 Å². The van der Waals surface area contributed by atoms with Crippen LogP contribution >= 0.6 is 15.6 Å². The summed E-state index contributed by atoms with van der Waals surface area (Å²) < 4.78 is 68.3.